The van der Waals surface area contributed by atoms with Crippen LogP contribution < -0.4 is 4.74 Å². The molecule has 0 saturated carbocycles. The molecule has 0 bridgehead atoms. The van der Waals surface area contributed by atoms with Gasteiger partial charge in [-0.25, -0.2) is 4.98 Å². The van der Waals surface area contributed by atoms with Crippen LogP contribution in [-0.4, -0.2) is 11.6 Å². The minimum atomic E-state index is 0.774. The highest BCUT2D eigenvalue weighted by molar-refractivity contribution is 7.21. The average molecular weight is 297 g/mol. The first-order chi connectivity index (χ1) is 10.4. The lowest BCUT2D eigenvalue weighted by Gasteiger charge is -2.09. The largest absolute Gasteiger partial charge is 0.493 e. The summed E-state index contributed by atoms with van der Waals surface area (Å²) < 4.78 is 7.17. The maximum absolute atomic E-state index is 5.96. The molecular formula is C18H19NOS. The van der Waals surface area contributed by atoms with E-state index in [-0.39, 0.29) is 0 Å². The minimum Gasteiger partial charge on any atom is -0.493 e. The second-order valence-electron chi connectivity index (χ2n) is 5.04. The van der Waals surface area contributed by atoms with Crippen molar-refractivity contribution in [3.63, 3.8) is 0 Å². The third-order valence-electron chi connectivity index (χ3n) is 3.42. The molecule has 0 aliphatic heterocycles. The van der Waals surface area contributed by atoms with E-state index < -0.39 is 0 Å². The molecule has 0 saturated heterocycles. The van der Waals surface area contributed by atoms with Gasteiger partial charge in [-0.1, -0.05) is 44.0 Å². The van der Waals surface area contributed by atoms with Crippen LogP contribution in [0, 0.1) is 0 Å². The van der Waals surface area contributed by atoms with Gasteiger partial charge in [0.1, 0.15) is 10.8 Å². The van der Waals surface area contributed by atoms with Crippen molar-refractivity contribution in [2.24, 2.45) is 0 Å². The number of unbranched alkanes of at least 4 members (excludes halogenated alkanes) is 2. The van der Waals surface area contributed by atoms with Gasteiger partial charge in [0.05, 0.1) is 22.4 Å². The average Bonchev–Trinajstić information content (AvgIpc) is 2.96. The second-order valence-corrected chi connectivity index (χ2v) is 6.07. The number of ether oxygens (including phenoxy) is 1. The standard InChI is InChI=1S/C18H19NOS/c1-2-3-8-13-20-16-11-6-4-9-14(16)18-19-15-10-5-7-12-17(15)21-18/h4-7,9-12H,2-3,8,13H2,1H3. The summed E-state index contributed by atoms with van der Waals surface area (Å²) in [6.07, 6.45) is 3.52. The maximum Gasteiger partial charge on any atom is 0.129 e. The van der Waals surface area contributed by atoms with Crippen molar-refractivity contribution < 1.29 is 4.74 Å². The summed E-state index contributed by atoms with van der Waals surface area (Å²) in [5.41, 5.74) is 2.15. The third kappa shape index (κ3) is 3.24. The van der Waals surface area contributed by atoms with Crippen molar-refractivity contribution in [1.29, 1.82) is 0 Å². The molecular weight excluding hydrogens is 278 g/mol. The number of hydrogen-bond donors (Lipinski definition) is 0. The Balaban J connectivity index is 1.87. The van der Waals surface area contributed by atoms with Gasteiger partial charge in [0.15, 0.2) is 0 Å². The van der Waals surface area contributed by atoms with Crippen LogP contribution in [0.4, 0.5) is 0 Å². The highest BCUT2D eigenvalue weighted by atomic mass is 32.1. The molecule has 2 nitrogen and oxygen atoms in total. The fourth-order valence-corrected chi connectivity index (χ4v) is 3.29. The molecule has 0 aliphatic carbocycles. The topological polar surface area (TPSA) is 22.1 Å². The first-order valence-electron chi connectivity index (χ1n) is 7.46. The van der Waals surface area contributed by atoms with E-state index in [1.807, 2.05) is 24.3 Å². The lowest BCUT2D eigenvalue weighted by atomic mass is 10.2. The van der Waals surface area contributed by atoms with Gasteiger partial charge < -0.3 is 4.74 Å². The predicted octanol–water partition coefficient (Wildman–Crippen LogP) is 5.53. The second kappa shape index (κ2) is 6.72. The fourth-order valence-electron chi connectivity index (χ4n) is 2.29. The number of aromatic nitrogens is 1. The number of fused-ring (bicyclic) bond motifs is 1. The molecule has 0 amide bonds. The summed E-state index contributed by atoms with van der Waals surface area (Å²) in [5.74, 6) is 0.938. The number of rotatable bonds is 6. The number of para-hydroxylation sites is 2. The Hall–Kier alpha value is -1.87. The van der Waals surface area contributed by atoms with Crippen LogP contribution >= 0.6 is 11.3 Å². The molecule has 2 aromatic carbocycles. The van der Waals surface area contributed by atoms with Crippen molar-refractivity contribution in [2.75, 3.05) is 6.61 Å². The Morgan fingerprint density at radius 3 is 2.67 bits per heavy atom. The van der Waals surface area contributed by atoms with Gasteiger partial charge in [0.25, 0.3) is 0 Å². The van der Waals surface area contributed by atoms with E-state index in [4.69, 9.17) is 9.72 Å². The van der Waals surface area contributed by atoms with Crippen LogP contribution in [0.25, 0.3) is 20.8 Å². The van der Waals surface area contributed by atoms with E-state index in [1.165, 1.54) is 17.5 Å². The first-order valence-corrected chi connectivity index (χ1v) is 8.28. The Bertz CT molecular complexity index is 687. The molecule has 3 rings (SSSR count). The van der Waals surface area contributed by atoms with Gasteiger partial charge in [-0.15, -0.1) is 11.3 Å². The number of thiazole rings is 1. The highest BCUT2D eigenvalue weighted by Crippen LogP contribution is 2.35. The van der Waals surface area contributed by atoms with Gasteiger partial charge in [-0.05, 0) is 30.7 Å². The lowest BCUT2D eigenvalue weighted by molar-refractivity contribution is 0.307. The Morgan fingerprint density at radius 1 is 1.00 bits per heavy atom. The summed E-state index contributed by atoms with van der Waals surface area (Å²) >= 11 is 1.72. The summed E-state index contributed by atoms with van der Waals surface area (Å²) in [7, 11) is 0. The van der Waals surface area contributed by atoms with E-state index in [2.05, 4.69) is 31.2 Å². The van der Waals surface area contributed by atoms with Crippen LogP contribution in [0.1, 0.15) is 26.2 Å². The van der Waals surface area contributed by atoms with Gasteiger partial charge in [0.2, 0.25) is 0 Å². The summed E-state index contributed by atoms with van der Waals surface area (Å²) in [4.78, 5) is 4.73. The Kier molecular flexibility index (Phi) is 4.51. The van der Waals surface area contributed by atoms with Crippen molar-refractivity contribution in [3.8, 4) is 16.3 Å². The molecule has 0 spiro atoms. The van der Waals surface area contributed by atoms with Gasteiger partial charge in [0, 0.05) is 0 Å². The van der Waals surface area contributed by atoms with Gasteiger partial charge in [-0.3, -0.25) is 0 Å². The van der Waals surface area contributed by atoms with Gasteiger partial charge in [-0.2, -0.15) is 0 Å². The zero-order chi connectivity index (χ0) is 14.5. The van der Waals surface area contributed by atoms with Crippen molar-refractivity contribution in [2.45, 2.75) is 26.2 Å². The molecule has 3 aromatic rings. The molecule has 0 fully saturated rings. The summed E-state index contributed by atoms with van der Waals surface area (Å²) in [5, 5.41) is 1.03. The van der Waals surface area contributed by atoms with Crippen molar-refractivity contribution in [3.05, 3.63) is 48.5 Å². The molecule has 21 heavy (non-hydrogen) atoms. The minimum absolute atomic E-state index is 0.774. The molecule has 0 aliphatic rings. The lowest BCUT2D eigenvalue weighted by Crippen LogP contribution is -1.98. The third-order valence-corrected chi connectivity index (χ3v) is 4.49. The molecule has 1 aromatic heterocycles. The molecule has 0 atom stereocenters. The quantitative estimate of drug-likeness (QED) is 0.558. The van der Waals surface area contributed by atoms with Crippen LogP contribution in [-0.2, 0) is 0 Å². The molecule has 108 valence electrons. The fraction of sp³-hybridized carbons (Fsp3) is 0.278. The zero-order valence-electron chi connectivity index (χ0n) is 12.2. The Labute approximate surface area is 129 Å². The zero-order valence-corrected chi connectivity index (χ0v) is 13.0. The first kappa shape index (κ1) is 14.1. The van der Waals surface area contributed by atoms with Crippen molar-refractivity contribution >= 4 is 21.6 Å². The normalized spacial score (nSPS) is 10.9. The monoisotopic (exact) mass is 297 g/mol. The number of hydrogen-bond acceptors (Lipinski definition) is 3. The summed E-state index contributed by atoms with van der Waals surface area (Å²) in [6.45, 7) is 2.98. The van der Waals surface area contributed by atoms with E-state index in [0.29, 0.717) is 0 Å². The molecule has 0 unspecified atom stereocenters. The Morgan fingerprint density at radius 2 is 1.81 bits per heavy atom. The molecule has 1 heterocycles. The van der Waals surface area contributed by atoms with E-state index in [9.17, 15) is 0 Å². The predicted molar refractivity (Wildman–Crippen MR) is 90.1 cm³/mol. The number of nitrogens with zero attached hydrogens (tertiary/aromatic N) is 1. The van der Waals surface area contributed by atoms with E-state index in [0.717, 1.165) is 34.9 Å². The van der Waals surface area contributed by atoms with Crippen LogP contribution in [0.3, 0.4) is 0 Å². The van der Waals surface area contributed by atoms with E-state index >= 15 is 0 Å². The summed E-state index contributed by atoms with van der Waals surface area (Å²) in [6, 6.07) is 16.4. The molecule has 3 heteroatoms. The number of benzene rings is 2. The smallest absolute Gasteiger partial charge is 0.129 e. The maximum atomic E-state index is 5.96. The van der Waals surface area contributed by atoms with Crippen molar-refractivity contribution in [1.82, 2.24) is 4.98 Å². The van der Waals surface area contributed by atoms with Gasteiger partial charge >= 0.3 is 0 Å². The van der Waals surface area contributed by atoms with Crippen LogP contribution in [0.15, 0.2) is 48.5 Å². The SMILES string of the molecule is CCCCCOc1ccccc1-c1nc2ccccc2s1. The van der Waals surface area contributed by atoms with Crippen LogP contribution in [0.2, 0.25) is 0 Å². The molecule has 0 N–H and O–H groups in total. The van der Waals surface area contributed by atoms with E-state index in [1.54, 1.807) is 11.3 Å². The molecule has 0 radical (unpaired) electrons. The highest BCUT2D eigenvalue weighted by Gasteiger charge is 2.10. The van der Waals surface area contributed by atoms with Crippen LogP contribution in [0.5, 0.6) is 5.75 Å².